The minimum atomic E-state index is -0.131. The Morgan fingerprint density at radius 1 is 0.974 bits per heavy atom. The maximum absolute atomic E-state index is 13.1. The molecule has 0 saturated carbocycles. The Balaban J connectivity index is 1.20. The second-order valence-electron chi connectivity index (χ2n) is 9.87. The lowest BCUT2D eigenvalue weighted by Crippen LogP contribution is -2.62. The number of rotatable bonds is 4. The van der Waals surface area contributed by atoms with E-state index in [1.807, 2.05) is 59.6 Å². The largest absolute Gasteiger partial charge is 0.384 e. The van der Waals surface area contributed by atoms with Crippen molar-refractivity contribution in [2.45, 2.75) is 30.8 Å². The van der Waals surface area contributed by atoms with Gasteiger partial charge in [0.05, 0.1) is 11.9 Å². The van der Waals surface area contributed by atoms with Gasteiger partial charge in [0, 0.05) is 65.7 Å². The molecule has 0 aliphatic carbocycles. The summed E-state index contributed by atoms with van der Waals surface area (Å²) < 4.78 is 1.67. The number of anilines is 1. The van der Waals surface area contributed by atoms with Crippen molar-refractivity contribution >= 4 is 17.4 Å². The molecule has 2 saturated heterocycles. The van der Waals surface area contributed by atoms with E-state index in [2.05, 4.69) is 30.6 Å². The molecule has 1 unspecified atom stereocenters. The monoisotopic (exact) mass is 506 g/mol. The van der Waals surface area contributed by atoms with Gasteiger partial charge in [-0.25, -0.2) is 9.97 Å². The van der Waals surface area contributed by atoms with E-state index in [9.17, 15) is 4.79 Å². The van der Waals surface area contributed by atoms with E-state index in [-0.39, 0.29) is 29.7 Å². The molecule has 2 bridgehead atoms. The molecule has 190 valence electrons. The Kier molecular flexibility index (Phi) is 5.36. The molecular weight excluding hydrogens is 480 g/mol. The number of piperazine rings is 1. The third kappa shape index (κ3) is 3.79. The number of nitrogens with one attached hydrogen (secondary N) is 2. The van der Waals surface area contributed by atoms with Gasteiger partial charge in [-0.2, -0.15) is 9.61 Å². The van der Waals surface area contributed by atoms with Gasteiger partial charge in [0.25, 0.3) is 5.91 Å². The minimum absolute atomic E-state index is 0.0249. The summed E-state index contributed by atoms with van der Waals surface area (Å²) in [7, 11) is 0. The van der Waals surface area contributed by atoms with Gasteiger partial charge in [-0.05, 0) is 18.9 Å². The van der Waals surface area contributed by atoms with E-state index in [0.29, 0.717) is 11.5 Å². The Labute approximate surface area is 218 Å². The number of aromatic amines is 1. The number of fused-ring (bicyclic) bond motifs is 3. The topological polar surface area (TPSA) is 143 Å². The third-order valence-electron chi connectivity index (χ3n) is 7.58. The van der Waals surface area contributed by atoms with Crippen LogP contribution >= 0.6 is 0 Å². The molecule has 2 aliphatic rings. The number of hydrogen-bond acceptors (Lipinski definition) is 8. The number of carbonyl (C=O) groups is 1. The lowest BCUT2D eigenvalue weighted by atomic mass is 9.81. The molecule has 11 heteroatoms. The van der Waals surface area contributed by atoms with Crippen LogP contribution in [-0.4, -0.2) is 70.7 Å². The number of piperidine rings is 1. The summed E-state index contributed by atoms with van der Waals surface area (Å²) >= 11 is 0. The van der Waals surface area contributed by atoms with Crippen LogP contribution in [0.2, 0.25) is 0 Å². The van der Waals surface area contributed by atoms with Crippen molar-refractivity contribution in [2.75, 3.05) is 18.8 Å². The molecule has 4 N–H and O–H groups in total. The second kappa shape index (κ2) is 9.03. The van der Waals surface area contributed by atoms with Gasteiger partial charge in [-0.1, -0.05) is 36.4 Å². The predicted octanol–water partition coefficient (Wildman–Crippen LogP) is 2.52. The van der Waals surface area contributed by atoms with E-state index < -0.39 is 0 Å². The molecule has 6 heterocycles. The Hall–Kier alpha value is -4.64. The highest BCUT2D eigenvalue weighted by Gasteiger charge is 2.43. The maximum atomic E-state index is 13.1. The molecule has 7 rings (SSSR count). The number of H-pyrrole nitrogens is 1. The van der Waals surface area contributed by atoms with Gasteiger partial charge < -0.3 is 16.0 Å². The first-order valence-electron chi connectivity index (χ1n) is 12.7. The highest BCUT2D eigenvalue weighted by molar-refractivity contribution is 5.91. The van der Waals surface area contributed by atoms with Crippen molar-refractivity contribution in [1.29, 1.82) is 0 Å². The molecule has 2 aliphatic heterocycles. The van der Waals surface area contributed by atoms with Gasteiger partial charge >= 0.3 is 0 Å². The number of pyridine rings is 1. The van der Waals surface area contributed by atoms with Gasteiger partial charge in [0.15, 0.2) is 5.65 Å². The number of nitrogens with two attached hydrogens (primary N) is 1. The Morgan fingerprint density at radius 2 is 1.79 bits per heavy atom. The predicted molar refractivity (Wildman–Crippen MR) is 141 cm³/mol. The summed E-state index contributed by atoms with van der Waals surface area (Å²) in [6.45, 7) is 1.44. The van der Waals surface area contributed by atoms with Crippen LogP contribution in [0.4, 0.5) is 5.82 Å². The zero-order valence-electron chi connectivity index (χ0n) is 20.5. The van der Waals surface area contributed by atoms with Gasteiger partial charge in [0.1, 0.15) is 12.1 Å². The van der Waals surface area contributed by atoms with Gasteiger partial charge in [-0.3, -0.25) is 14.9 Å². The summed E-state index contributed by atoms with van der Waals surface area (Å²) in [5, 5.41) is 14.6. The molecule has 1 amide bonds. The van der Waals surface area contributed by atoms with Crippen LogP contribution in [0.15, 0.2) is 67.3 Å². The molecule has 0 spiro atoms. The van der Waals surface area contributed by atoms with Gasteiger partial charge in [-0.15, -0.1) is 5.10 Å². The standard InChI is InChI=1S/C27H26N10O/c28-24-10-23(18-8-19-12-29-13-20(9-18)36(19)27(38)25-31-15-32-35-25)34-26-21(14-33-37(24)26)17-6-7-22(30-11-17)16-4-2-1-3-5-16/h1-7,10-11,14-15,18-20,29H,8-9,12-13,28H2,(H,31,32,35)/t18?,19-,20+. The third-order valence-corrected chi connectivity index (χ3v) is 7.58. The number of aromatic nitrogens is 7. The molecule has 38 heavy (non-hydrogen) atoms. The molecule has 2 fully saturated rings. The minimum Gasteiger partial charge on any atom is -0.384 e. The smallest absolute Gasteiger partial charge is 0.294 e. The average molecular weight is 507 g/mol. The van der Waals surface area contributed by atoms with Crippen molar-refractivity contribution < 1.29 is 4.79 Å². The Bertz CT molecular complexity index is 1580. The van der Waals surface area contributed by atoms with Crippen molar-refractivity contribution in [3.63, 3.8) is 0 Å². The number of benzene rings is 1. The first kappa shape index (κ1) is 22.5. The molecule has 5 aromatic rings. The zero-order valence-corrected chi connectivity index (χ0v) is 20.5. The highest BCUT2D eigenvalue weighted by Crippen LogP contribution is 2.38. The first-order chi connectivity index (χ1) is 18.7. The van der Waals surface area contributed by atoms with Crippen LogP contribution in [-0.2, 0) is 0 Å². The van der Waals surface area contributed by atoms with E-state index in [1.165, 1.54) is 6.33 Å². The number of nitrogen functional groups attached to an aromatic ring is 1. The summed E-state index contributed by atoms with van der Waals surface area (Å²) in [6.07, 6.45) is 6.63. The fraction of sp³-hybridized carbons (Fsp3) is 0.259. The fourth-order valence-electron chi connectivity index (χ4n) is 5.81. The van der Waals surface area contributed by atoms with Crippen molar-refractivity contribution in [3.8, 4) is 22.4 Å². The first-order valence-corrected chi connectivity index (χ1v) is 12.7. The van der Waals surface area contributed by atoms with E-state index in [0.717, 1.165) is 54.0 Å². The average Bonchev–Trinajstić information content (AvgIpc) is 3.64. The second-order valence-corrected chi connectivity index (χ2v) is 9.87. The summed E-state index contributed by atoms with van der Waals surface area (Å²) in [5.41, 5.74) is 11.9. The normalized spacial score (nSPS) is 21.1. The molecule has 11 nitrogen and oxygen atoms in total. The van der Waals surface area contributed by atoms with Crippen LogP contribution in [0.3, 0.4) is 0 Å². The number of amides is 1. The van der Waals surface area contributed by atoms with Crippen LogP contribution < -0.4 is 11.1 Å². The van der Waals surface area contributed by atoms with E-state index in [1.54, 1.807) is 10.7 Å². The van der Waals surface area contributed by atoms with Crippen molar-refractivity contribution in [2.24, 2.45) is 0 Å². The van der Waals surface area contributed by atoms with E-state index >= 15 is 0 Å². The molecular formula is C27H26N10O. The van der Waals surface area contributed by atoms with Crippen LogP contribution in [0.5, 0.6) is 0 Å². The number of carbonyl (C=O) groups excluding carboxylic acids is 1. The summed E-state index contributed by atoms with van der Waals surface area (Å²) in [5.74, 6) is 0.776. The fourth-order valence-corrected chi connectivity index (χ4v) is 5.81. The van der Waals surface area contributed by atoms with Crippen molar-refractivity contribution in [3.05, 3.63) is 78.8 Å². The zero-order chi connectivity index (χ0) is 25.6. The SMILES string of the molecule is Nc1cc(C2C[C@H]3CNC[C@@H](C2)N3C(=O)c2nc[nH]n2)nc2c(-c3ccc(-c4ccccc4)nc3)cnn12. The lowest BCUT2D eigenvalue weighted by molar-refractivity contribution is 0.0282. The van der Waals surface area contributed by atoms with Crippen LogP contribution in [0.1, 0.15) is 35.1 Å². The molecule has 1 aromatic carbocycles. The van der Waals surface area contributed by atoms with Crippen LogP contribution in [0, 0.1) is 0 Å². The van der Waals surface area contributed by atoms with Gasteiger partial charge in [0.2, 0.25) is 5.82 Å². The highest BCUT2D eigenvalue weighted by atomic mass is 16.2. The lowest BCUT2D eigenvalue weighted by Gasteiger charge is -2.48. The Morgan fingerprint density at radius 3 is 2.50 bits per heavy atom. The molecule has 0 radical (unpaired) electrons. The number of hydrogen-bond donors (Lipinski definition) is 3. The maximum Gasteiger partial charge on any atom is 0.294 e. The summed E-state index contributed by atoms with van der Waals surface area (Å²) in [4.78, 5) is 28.9. The van der Waals surface area contributed by atoms with Crippen molar-refractivity contribution in [1.82, 2.24) is 45.0 Å². The quantitative estimate of drug-likeness (QED) is 0.337. The summed E-state index contributed by atoms with van der Waals surface area (Å²) in [6, 6.07) is 16.1. The van der Waals surface area contributed by atoms with E-state index in [4.69, 9.17) is 10.7 Å². The van der Waals surface area contributed by atoms with Crippen LogP contribution in [0.25, 0.3) is 28.0 Å². The molecule has 4 aromatic heterocycles. The molecule has 3 atom stereocenters. The number of nitrogens with zero attached hydrogens (tertiary/aromatic N) is 7.